The second-order valence-corrected chi connectivity index (χ2v) is 5.31. The molecular formula is C17H20F2N6O2. The number of alkyl halides is 2. The maximum atomic E-state index is 12.4. The SMILES string of the molecule is CCN=C(N)c1cnc(NC(=O)NCc2ccccc2OC(F)F)cc1N. The lowest BCUT2D eigenvalue weighted by molar-refractivity contribution is -0.0504. The number of hydrogen-bond donors (Lipinski definition) is 4. The second-order valence-electron chi connectivity index (χ2n) is 5.31. The molecule has 0 radical (unpaired) electrons. The summed E-state index contributed by atoms with van der Waals surface area (Å²) in [5.41, 5.74) is 12.9. The van der Waals surface area contributed by atoms with E-state index >= 15 is 0 Å². The van der Waals surface area contributed by atoms with E-state index in [4.69, 9.17) is 11.5 Å². The lowest BCUT2D eigenvalue weighted by atomic mass is 10.2. The summed E-state index contributed by atoms with van der Waals surface area (Å²) in [5, 5.41) is 5.03. The molecule has 27 heavy (non-hydrogen) atoms. The maximum Gasteiger partial charge on any atom is 0.387 e. The van der Waals surface area contributed by atoms with Crippen molar-refractivity contribution < 1.29 is 18.3 Å². The van der Waals surface area contributed by atoms with E-state index in [1.165, 1.54) is 18.3 Å². The monoisotopic (exact) mass is 378 g/mol. The average Bonchev–Trinajstić information content (AvgIpc) is 2.60. The first kappa shape index (κ1) is 19.9. The number of urea groups is 1. The third-order valence-electron chi connectivity index (χ3n) is 3.41. The number of hydrogen-bond acceptors (Lipinski definition) is 5. The van der Waals surface area contributed by atoms with Crippen LogP contribution in [0, 0.1) is 0 Å². The summed E-state index contributed by atoms with van der Waals surface area (Å²) in [6.45, 7) is -0.626. The quantitative estimate of drug-likeness (QED) is 0.434. The number of nitrogen functional groups attached to an aromatic ring is 1. The molecule has 10 heteroatoms. The second kappa shape index (κ2) is 9.32. The first-order chi connectivity index (χ1) is 12.9. The molecule has 2 amide bonds. The number of amides is 2. The van der Waals surface area contributed by atoms with Gasteiger partial charge in [-0.2, -0.15) is 8.78 Å². The van der Waals surface area contributed by atoms with Crippen molar-refractivity contribution in [3.8, 4) is 5.75 Å². The molecule has 0 saturated heterocycles. The van der Waals surface area contributed by atoms with Gasteiger partial charge in [0.1, 0.15) is 17.4 Å². The number of nitrogens with zero attached hydrogens (tertiary/aromatic N) is 2. The maximum absolute atomic E-state index is 12.4. The number of aliphatic imine (C=N–C) groups is 1. The zero-order valence-corrected chi connectivity index (χ0v) is 14.6. The normalized spacial score (nSPS) is 11.3. The van der Waals surface area contributed by atoms with Gasteiger partial charge in [-0.25, -0.2) is 9.78 Å². The molecule has 0 spiro atoms. The number of nitrogens with one attached hydrogen (secondary N) is 2. The molecule has 0 atom stereocenters. The van der Waals surface area contributed by atoms with Gasteiger partial charge >= 0.3 is 12.6 Å². The number of carbonyl (C=O) groups excluding carboxylic acids is 1. The number of halogens is 2. The Balaban J connectivity index is 1.99. The largest absolute Gasteiger partial charge is 0.434 e. The number of nitrogens with two attached hydrogens (primary N) is 2. The molecule has 0 aliphatic rings. The van der Waals surface area contributed by atoms with Gasteiger partial charge in [0.25, 0.3) is 0 Å². The first-order valence-corrected chi connectivity index (χ1v) is 8.04. The van der Waals surface area contributed by atoms with Crippen LogP contribution in [0.25, 0.3) is 0 Å². The van der Waals surface area contributed by atoms with Gasteiger partial charge < -0.3 is 21.5 Å². The fraction of sp³-hybridized carbons (Fsp3) is 0.235. The molecule has 2 aromatic rings. The number of aromatic nitrogens is 1. The van der Waals surface area contributed by atoms with Crippen LogP contribution in [0.5, 0.6) is 5.75 Å². The van der Waals surface area contributed by atoms with E-state index in [-0.39, 0.29) is 23.9 Å². The predicted molar refractivity (Wildman–Crippen MR) is 98.8 cm³/mol. The van der Waals surface area contributed by atoms with Crippen LogP contribution in [0.3, 0.4) is 0 Å². The van der Waals surface area contributed by atoms with Crippen LogP contribution in [0.4, 0.5) is 25.1 Å². The number of ether oxygens (including phenoxy) is 1. The molecule has 0 aliphatic heterocycles. The van der Waals surface area contributed by atoms with Crippen molar-refractivity contribution in [2.45, 2.75) is 20.1 Å². The van der Waals surface area contributed by atoms with Crippen LogP contribution in [0.1, 0.15) is 18.1 Å². The Morgan fingerprint density at radius 3 is 2.78 bits per heavy atom. The van der Waals surface area contributed by atoms with E-state index in [0.717, 1.165) is 0 Å². The van der Waals surface area contributed by atoms with Crippen molar-refractivity contribution in [1.82, 2.24) is 10.3 Å². The molecule has 6 N–H and O–H groups in total. The Morgan fingerprint density at radius 1 is 1.37 bits per heavy atom. The number of amidine groups is 1. The molecule has 1 aromatic heterocycles. The summed E-state index contributed by atoms with van der Waals surface area (Å²) in [7, 11) is 0. The number of anilines is 2. The topological polar surface area (TPSA) is 128 Å². The van der Waals surface area contributed by atoms with Crippen molar-refractivity contribution in [1.29, 1.82) is 0 Å². The van der Waals surface area contributed by atoms with Crippen LogP contribution < -0.4 is 26.8 Å². The highest BCUT2D eigenvalue weighted by Crippen LogP contribution is 2.20. The highest BCUT2D eigenvalue weighted by molar-refractivity contribution is 6.02. The third-order valence-corrected chi connectivity index (χ3v) is 3.41. The molecule has 1 heterocycles. The molecule has 0 aliphatic carbocycles. The minimum Gasteiger partial charge on any atom is -0.434 e. The summed E-state index contributed by atoms with van der Waals surface area (Å²) in [6, 6.07) is 7.03. The Kier molecular flexibility index (Phi) is 6.86. The zero-order valence-electron chi connectivity index (χ0n) is 14.6. The highest BCUT2D eigenvalue weighted by atomic mass is 19.3. The molecule has 8 nitrogen and oxygen atoms in total. The van der Waals surface area contributed by atoms with Gasteiger partial charge in [0.15, 0.2) is 0 Å². The molecule has 0 saturated carbocycles. The number of para-hydroxylation sites is 1. The lowest BCUT2D eigenvalue weighted by Crippen LogP contribution is -2.29. The van der Waals surface area contributed by atoms with Crippen LogP contribution in [-0.2, 0) is 6.54 Å². The van der Waals surface area contributed by atoms with E-state index in [0.29, 0.717) is 23.4 Å². The van der Waals surface area contributed by atoms with E-state index < -0.39 is 12.6 Å². The van der Waals surface area contributed by atoms with Gasteiger partial charge in [0, 0.05) is 36.6 Å². The Hall–Kier alpha value is -3.43. The van der Waals surface area contributed by atoms with Gasteiger partial charge in [-0.15, -0.1) is 0 Å². The van der Waals surface area contributed by atoms with Gasteiger partial charge in [0.2, 0.25) is 0 Å². The van der Waals surface area contributed by atoms with Crippen molar-refractivity contribution >= 4 is 23.4 Å². The minimum absolute atomic E-state index is 0.00907. The summed E-state index contributed by atoms with van der Waals surface area (Å²) >= 11 is 0. The number of carbonyl (C=O) groups is 1. The molecule has 0 unspecified atom stereocenters. The van der Waals surface area contributed by atoms with E-state index in [2.05, 4.69) is 25.3 Å². The molecule has 2 rings (SSSR count). The fourth-order valence-electron chi connectivity index (χ4n) is 2.21. The van der Waals surface area contributed by atoms with Crippen LogP contribution >= 0.6 is 0 Å². The fourth-order valence-corrected chi connectivity index (χ4v) is 2.21. The molecular weight excluding hydrogens is 358 g/mol. The summed E-state index contributed by atoms with van der Waals surface area (Å²) in [5.74, 6) is 0.453. The van der Waals surface area contributed by atoms with E-state index in [1.54, 1.807) is 18.2 Å². The zero-order chi connectivity index (χ0) is 19.8. The smallest absolute Gasteiger partial charge is 0.387 e. The van der Waals surface area contributed by atoms with Crippen molar-refractivity contribution in [2.75, 3.05) is 17.6 Å². The minimum atomic E-state index is -2.95. The number of pyridine rings is 1. The molecule has 1 aromatic carbocycles. The van der Waals surface area contributed by atoms with Gasteiger partial charge in [-0.05, 0) is 13.0 Å². The van der Waals surface area contributed by atoms with Crippen molar-refractivity contribution in [3.63, 3.8) is 0 Å². The van der Waals surface area contributed by atoms with Gasteiger partial charge in [0.05, 0.1) is 5.56 Å². The predicted octanol–water partition coefficient (Wildman–Crippen LogP) is 2.31. The summed E-state index contributed by atoms with van der Waals surface area (Å²) in [4.78, 5) is 20.1. The number of benzene rings is 1. The first-order valence-electron chi connectivity index (χ1n) is 8.04. The van der Waals surface area contributed by atoms with Crippen molar-refractivity contribution in [2.24, 2.45) is 10.7 Å². The Labute approximate surface area is 154 Å². The van der Waals surface area contributed by atoms with Crippen LogP contribution in [0.15, 0.2) is 41.5 Å². The van der Waals surface area contributed by atoms with Gasteiger partial charge in [-0.3, -0.25) is 10.3 Å². The Morgan fingerprint density at radius 2 is 2.11 bits per heavy atom. The lowest BCUT2D eigenvalue weighted by Gasteiger charge is -2.12. The third kappa shape index (κ3) is 5.80. The van der Waals surface area contributed by atoms with Crippen LogP contribution in [0.2, 0.25) is 0 Å². The standard InChI is InChI=1S/C17H20F2N6O2/c1-2-22-15(21)11-9-23-14(7-12(11)20)25-17(26)24-8-10-5-3-4-6-13(10)27-16(18)19/h3-7,9,16H,2,8H2,1H3,(H2,21,22)(H4,20,23,24,25,26). The molecule has 144 valence electrons. The number of rotatable bonds is 7. The molecule has 0 bridgehead atoms. The Bertz CT molecular complexity index is 829. The average molecular weight is 378 g/mol. The van der Waals surface area contributed by atoms with E-state index in [9.17, 15) is 13.6 Å². The highest BCUT2D eigenvalue weighted by Gasteiger charge is 2.11. The van der Waals surface area contributed by atoms with Gasteiger partial charge in [-0.1, -0.05) is 18.2 Å². The molecule has 0 fully saturated rings. The van der Waals surface area contributed by atoms with E-state index in [1.807, 2.05) is 6.92 Å². The summed E-state index contributed by atoms with van der Waals surface area (Å²) < 4.78 is 29.2. The summed E-state index contributed by atoms with van der Waals surface area (Å²) in [6.07, 6.45) is 1.41. The van der Waals surface area contributed by atoms with Crippen molar-refractivity contribution in [3.05, 3.63) is 47.7 Å². The van der Waals surface area contributed by atoms with Crippen LogP contribution in [-0.4, -0.2) is 30.0 Å².